The molecule has 9 nitrogen and oxygen atoms in total. The van der Waals surface area contributed by atoms with Crippen LogP contribution in [0.2, 0.25) is 5.02 Å². The van der Waals surface area contributed by atoms with E-state index in [-0.39, 0.29) is 23.3 Å². The van der Waals surface area contributed by atoms with E-state index in [0.717, 1.165) is 5.56 Å². The van der Waals surface area contributed by atoms with E-state index in [2.05, 4.69) is 15.3 Å². The van der Waals surface area contributed by atoms with Crippen molar-refractivity contribution in [2.45, 2.75) is 13.5 Å². The fourth-order valence-electron chi connectivity index (χ4n) is 2.81. The van der Waals surface area contributed by atoms with E-state index in [1.54, 1.807) is 18.2 Å². The molecule has 0 aliphatic carbocycles. The molecule has 10 heteroatoms. The molecule has 0 amide bonds. The monoisotopic (exact) mass is 396 g/mol. The quantitative estimate of drug-likeness (QED) is 0.387. The molecule has 0 atom stereocenters. The molecular formula is C18H13ClN6O3. The molecule has 0 spiro atoms. The number of halogens is 1. The normalized spacial score (nSPS) is 11.1. The highest BCUT2D eigenvalue weighted by Crippen LogP contribution is 2.20. The summed E-state index contributed by atoms with van der Waals surface area (Å²) in [4.78, 5) is 27.5. The van der Waals surface area contributed by atoms with Crippen molar-refractivity contribution in [3.8, 4) is 5.69 Å². The minimum atomic E-state index is -0.480. The van der Waals surface area contributed by atoms with Crippen molar-refractivity contribution < 1.29 is 4.92 Å². The summed E-state index contributed by atoms with van der Waals surface area (Å²) in [6.07, 6.45) is 1.37. The lowest BCUT2D eigenvalue weighted by Gasteiger charge is -2.06. The van der Waals surface area contributed by atoms with Crippen molar-refractivity contribution in [2.24, 2.45) is 0 Å². The largest absolute Gasteiger partial charge is 0.293 e. The van der Waals surface area contributed by atoms with E-state index in [4.69, 9.17) is 11.6 Å². The summed E-state index contributed by atoms with van der Waals surface area (Å²) in [5.41, 5.74) is 2.14. The van der Waals surface area contributed by atoms with Crippen LogP contribution in [0.5, 0.6) is 0 Å². The molecule has 28 heavy (non-hydrogen) atoms. The number of nitrogens with zero attached hydrogens (tertiary/aromatic N) is 6. The van der Waals surface area contributed by atoms with E-state index >= 15 is 0 Å². The van der Waals surface area contributed by atoms with E-state index in [1.165, 1.54) is 27.7 Å². The number of benzene rings is 2. The Kier molecular flexibility index (Phi) is 4.36. The fourth-order valence-corrected chi connectivity index (χ4v) is 2.98. The summed E-state index contributed by atoms with van der Waals surface area (Å²) < 4.78 is 2.78. The number of non-ortho nitro benzene ring substituents is 1. The smallest absolute Gasteiger partial charge is 0.283 e. The van der Waals surface area contributed by atoms with Gasteiger partial charge in [-0.3, -0.25) is 19.5 Å². The minimum absolute atomic E-state index is 0.0400. The van der Waals surface area contributed by atoms with Crippen LogP contribution >= 0.6 is 11.6 Å². The zero-order chi connectivity index (χ0) is 19.8. The van der Waals surface area contributed by atoms with Gasteiger partial charge in [-0.2, -0.15) is 4.68 Å². The third kappa shape index (κ3) is 3.12. The Bertz CT molecular complexity index is 1280. The summed E-state index contributed by atoms with van der Waals surface area (Å²) in [7, 11) is 0. The molecule has 0 saturated heterocycles. The Morgan fingerprint density at radius 1 is 1.21 bits per heavy atom. The first-order valence-corrected chi connectivity index (χ1v) is 8.62. The maximum atomic E-state index is 12.8. The molecule has 4 rings (SSSR count). The van der Waals surface area contributed by atoms with Crippen LogP contribution in [0, 0.1) is 17.0 Å². The predicted octanol–water partition coefficient (Wildman–Crippen LogP) is 2.90. The number of rotatable bonds is 4. The van der Waals surface area contributed by atoms with Gasteiger partial charge in [-0.25, -0.2) is 4.98 Å². The highest BCUT2D eigenvalue weighted by atomic mass is 35.5. The summed E-state index contributed by atoms with van der Waals surface area (Å²) >= 11 is 6.17. The molecule has 2 heterocycles. The molecule has 0 radical (unpaired) electrons. The van der Waals surface area contributed by atoms with Crippen LogP contribution in [0.1, 0.15) is 11.1 Å². The number of fused-ring (bicyclic) bond motifs is 1. The average molecular weight is 397 g/mol. The van der Waals surface area contributed by atoms with Crippen LogP contribution in [0.15, 0.2) is 53.6 Å². The molecule has 0 aliphatic rings. The second-order valence-corrected chi connectivity index (χ2v) is 6.62. The topological polar surface area (TPSA) is 109 Å². The van der Waals surface area contributed by atoms with E-state index in [1.807, 2.05) is 19.1 Å². The van der Waals surface area contributed by atoms with Crippen molar-refractivity contribution in [3.05, 3.63) is 85.4 Å². The molecule has 0 N–H and O–H groups in total. The molecule has 0 unspecified atom stereocenters. The number of hydrogen-bond donors (Lipinski definition) is 0. The summed E-state index contributed by atoms with van der Waals surface area (Å²) in [6, 6.07) is 11.5. The first-order valence-electron chi connectivity index (χ1n) is 8.25. The molecule has 0 saturated carbocycles. The number of nitro benzene ring substituents is 1. The Balaban J connectivity index is 1.74. The van der Waals surface area contributed by atoms with Crippen LogP contribution in [0.3, 0.4) is 0 Å². The van der Waals surface area contributed by atoms with Crippen LogP contribution in [-0.4, -0.2) is 29.5 Å². The fraction of sp³-hybridized carbons (Fsp3) is 0.111. The van der Waals surface area contributed by atoms with E-state index < -0.39 is 4.92 Å². The molecule has 2 aromatic heterocycles. The highest BCUT2D eigenvalue weighted by Gasteiger charge is 2.15. The average Bonchev–Trinajstić information content (AvgIpc) is 3.11. The molecule has 2 aromatic carbocycles. The van der Waals surface area contributed by atoms with Gasteiger partial charge in [-0.15, -0.1) is 5.10 Å². The van der Waals surface area contributed by atoms with Crippen molar-refractivity contribution in [3.63, 3.8) is 0 Å². The predicted molar refractivity (Wildman–Crippen MR) is 103 cm³/mol. The van der Waals surface area contributed by atoms with E-state index in [9.17, 15) is 14.9 Å². The molecule has 0 bridgehead atoms. The third-order valence-electron chi connectivity index (χ3n) is 4.30. The highest BCUT2D eigenvalue weighted by molar-refractivity contribution is 6.31. The first-order chi connectivity index (χ1) is 13.4. The zero-order valence-electron chi connectivity index (χ0n) is 14.6. The van der Waals surface area contributed by atoms with Crippen molar-refractivity contribution in [1.82, 2.24) is 24.5 Å². The van der Waals surface area contributed by atoms with Gasteiger partial charge in [0.25, 0.3) is 11.2 Å². The lowest BCUT2D eigenvalue weighted by Crippen LogP contribution is -2.21. The molecule has 4 aromatic rings. The van der Waals surface area contributed by atoms with Crippen LogP contribution in [-0.2, 0) is 6.54 Å². The first kappa shape index (κ1) is 17.8. The lowest BCUT2D eigenvalue weighted by atomic mass is 10.2. The maximum absolute atomic E-state index is 12.8. The zero-order valence-corrected chi connectivity index (χ0v) is 15.4. The Morgan fingerprint density at radius 2 is 2.04 bits per heavy atom. The van der Waals surface area contributed by atoms with Crippen LogP contribution in [0.25, 0.3) is 16.9 Å². The standard InChI is InChI=1S/C18H13ClN6O3/c1-11-5-6-13(8-15(11)19)24-17-16(21-22-24)18(26)23(10-20-17)9-12-3-2-4-14(7-12)25(27)28/h2-8,10H,9H2,1H3. The lowest BCUT2D eigenvalue weighted by molar-refractivity contribution is -0.384. The third-order valence-corrected chi connectivity index (χ3v) is 4.71. The van der Waals surface area contributed by atoms with Gasteiger partial charge in [-0.05, 0) is 30.2 Å². The van der Waals surface area contributed by atoms with Crippen LogP contribution < -0.4 is 5.56 Å². The number of hydrogen-bond acceptors (Lipinski definition) is 6. The second kappa shape index (κ2) is 6.86. The van der Waals surface area contributed by atoms with Gasteiger partial charge in [-0.1, -0.05) is 35.0 Å². The van der Waals surface area contributed by atoms with Gasteiger partial charge in [0, 0.05) is 17.2 Å². The van der Waals surface area contributed by atoms with Gasteiger partial charge >= 0.3 is 0 Å². The summed E-state index contributed by atoms with van der Waals surface area (Å²) in [6.45, 7) is 2.02. The minimum Gasteiger partial charge on any atom is -0.293 e. The SMILES string of the molecule is Cc1ccc(-n2nnc3c(=O)n(Cc4cccc([N+](=O)[O-])c4)cnc32)cc1Cl. The second-order valence-electron chi connectivity index (χ2n) is 6.21. The number of aromatic nitrogens is 5. The van der Waals surface area contributed by atoms with Crippen molar-refractivity contribution in [2.75, 3.05) is 0 Å². The molecular weight excluding hydrogens is 384 g/mol. The number of nitro groups is 1. The van der Waals surface area contributed by atoms with Gasteiger partial charge < -0.3 is 0 Å². The molecule has 0 fully saturated rings. The molecule has 140 valence electrons. The van der Waals surface area contributed by atoms with Crippen molar-refractivity contribution >= 4 is 28.5 Å². The van der Waals surface area contributed by atoms with E-state index in [0.29, 0.717) is 21.9 Å². The Labute approximate surface area is 163 Å². The molecule has 0 aliphatic heterocycles. The van der Waals surface area contributed by atoms with Crippen LogP contribution in [0.4, 0.5) is 5.69 Å². The Morgan fingerprint density at radius 3 is 2.79 bits per heavy atom. The van der Waals surface area contributed by atoms with Gasteiger partial charge in [0.1, 0.15) is 6.33 Å². The summed E-state index contributed by atoms with van der Waals surface area (Å²) in [5.74, 6) is 0. The van der Waals surface area contributed by atoms with Crippen molar-refractivity contribution in [1.29, 1.82) is 0 Å². The Hall–Kier alpha value is -3.59. The van der Waals surface area contributed by atoms with Gasteiger partial charge in [0.05, 0.1) is 17.2 Å². The summed E-state index contributed by atoms with van der Waals surface area (Å²) in [5, 5.41) is 19.5. The van der Waals surface area contributed by atoms with Gasteiger partial charge in [0.2, 0.25) is 0 Å². The number of aryl methyl sites for hydroxylation is 1. The maximum Gasteiger partial charge on any atom is 0.283 e. The van der Waals surface area contributed by atoms with Gasteiger partial charge in [0.15, 0.2) is 11.2 Å².